The first-order chi connectivity index (χ1) is 6.66. The van der Waals surface area contributed by atoms with Crippen LogP contribution in [0.15, 0.2) is 0 Å². The van der Waals surface area contributed by atoms with E-state index in [1.54, 1.807) is 0 Å². The zero-order valence-electron chi connectivity index (χ0n) is 8.48. The molecule has 0 aromatic heterocycles. The minimum Gasteiger partial charge on any atom is -0.316 e. The Morgan fingerprint density at radius 2 is 1.80 bits per heavy atom. The molecule has 3 rings (SSSR count). The summed E-state index contributed by atoms with van der Waals surface area (Å²) in [7, 11) is -2.97. The summed E-state index contributed by atoms with van der Waals surface area (Å²) in [5, 5.41) is 3.26. The van der Waals surface area contributed by atoms with Crippen molar-refractivity contribution in [1.82, 2.24) is 10.0 Å². The van der Waals surface area contributed by atoms with Gasteiger partial charge >= 0.3 is 0 Å². The molecule has 6 heteroatoms. The zero-order chi connectivity index (χ0) is 9.76. The lowest BCUT2D eigenvalue weighted by atomic mass is 10.4. The SMILES string of the molecule is Cl.O=S(=O)(CC1CC1)NC1C2CNCC21. The van der Waals surface area contributed by atoms with Gasteiger partial charge in [-0.1, -0.05) is 0 Å². The summed E-state index contributed by atoms with van der Waals surface area (Å²) in [6, 6.07) is 0.250. The molecule has 3 aliphatic rings. The van der Waals surface area contributed by atoms with Crippen molar-refractivity contribution in [2.45, 2.75) is 18.9 Å². The molecule has 3 fully saturated rings. The van der Waals surface area contributed by atoms with Crippen LogP contribution in [-0.2, 0) is 10.0 Å². The molecule has 0 radical (unpaired) electrons. The molecule has 2 N–H and O–H groups in total. The van der Waals surface area contributed by atoms with Gasteiger partial charge < -0.3 is 5.32 Å². The molecule has 0 amide bonds. The van der Waals surface area contributed by atoms with Gasteiger partial charge in [0.15, 0.2) is 0 Å². The van der Waals surface area contributed by atoms with Crippen molar-refractivity contribution < 1.29 is 8.42 Å². The highest BCUT2D eigenvalue weighted by atomic mass is 35.5. The van der Waals surface area contributed by atoms with Crippen LogP contribution in [0.1, 0.15) is 12.8 Å². The number of piperidine rings is 1. The van der Waals surface area contributed by atoms with Gasteiger partial charge in [-0.05, 0) is 43.7 Å². The minimum absolute atomic E-state index is 0. The monoisotopic (exact) mass is 252 g/mol. The smallest absolute Gasteiger partial charge is 0.212 e. The second-order valence-corrected chi connectivity index (χ2v) is 6.65. The predicted molar refractivity (Wildman–Crippen MR) is 60.5 cm³/mol. The number of nitrogens with one attached hydrogen (secondary N) is 2. The lowest BCUT2D eigenvalue weighted by Gasteiger charge is -2.07. The van der Waals surface area contributed by atoms with Gasteiger partial charge in [-0.2, -0.15) is 0 Å². The topological polar surface area (TPSA) is 58.2 Å². The molecule has 88 valence electrons. The zero-order valence-corrected chi connectivity index (χ0v) is 10.1. The van der Waals surface area contributed by atoms with Gasteiger partial charge in [-0.25, -0.2) is 13.1 Å². The van der Waals surface area contributed by atoms with Crippen molar-refractivity contribution in [3.05, 3.63) is 0 Å². The number of hydrogen-bond acceptors (Lipinski definition) is 3. The molecule has 2 aliphatic carbocycles. The molecule has 0 bridgehead atoms. The number of fused-ring (bicyclic) bond motifs is 1. The summed E-state index contributed by atoms with van der Waals surface area (Å²) in [4.78, 5) is 0. The van der Waals surface area contributed by atoms with Crippen molar-refractivity contribution in [3.63, 3.8) is 0 Å². The fourth-order valence-electron chi connectivity index (χ4n) is 2.44. The summed E-state index contributed by atoms with van der Waals surface area (Å²) in [5.41, 5.74) is 0. The highest BCUT2D eigenvalue weighted by molar-refractivity contribution is 7.89. The Kier molecular flexibility index (Phi) is 3.01. The first-order valence-electron chi connectivity index (χ1n) is 5.36. The van der Waals surface area contributed by atoms with Crippen LogP contribution in [0.25, 0.3) is 0 Å². The maximum atomic E-state index is 11.6. The first kappa shape index (κ1) is 11.6. The van der Waals surface area contributed by atoms with E-state index in [-0.39, 0.29) is 18.4 Å². The van der Waals surface area contributed by atoms with E-state index in [1.165, 1.54) is 0 Å². The van der Waals surface area contributed by atoms with Crippen LogP contribution < -0.4 is 10.0 Å². The Morgan fingerprint density at radius 1 is 1.20 bits per heavy atom. The largest absolute Gasteiger partial charge is 0.316 e. The van der Waals surface area contributed by atoms with Crippen LogP contribution in [0.2, 0.25) is 0 Å². The summed E-state index contributed by atoms with van der Waals surface area (Å²) in [5.74, 6) is 1.95. The average molecular weight is 253 g/mol. The Morgan fingerprint density at radius 3 is 2.33 bits per heavy atom. The number of sulfonamides is 1. The van der Waals surface area contributed by atoms with E-state index in [0.29, 0.717) is 23.5 Å². The molecule has 2 atom stereocenters. The van der Waals surface area contributed by atoms with E-state index in [0.717, 1.165) is 25.9 Å². The van der Waals surface area contributed by atoms with E-state index in [9.17, 15) is 8.42 Å². The molecule has 0 aromatic rings. The summed E-state index contributed by atoms with van der Waals surface area (Å²) in [6.07, 6.45) is 2.19. The standard InChI is InChI=1S/C9H16N2O2S.ClH/c12-14(13,5-6-1-2-6)11-9-7-3-10-4-8(7)9;/h6-11H,1-5H2;1H. The minimum atomic E-state index is -2.97. The van der Waals surface area contributed by atoms with Gasteiger partial charge in [0, 0.05) is 6.04 Å². The van der Waals surface area contributed by atoms with Crippen LogP contribution in [0, 0.1) is 17.8 Å². The first-order valence-corrected chi connectivity index (χ1v) is 7.02. The van der Waals surface area contributed by atoms with Crippen LogP contribution in [-0.4, -0.2) is 33.3 Å². The lowest BCUT2D eigenvalue weighted by Crippen LogP contribution is -2.34. The van der Waals surface area contributed by atoms with Crippen LogP contribution in [0.5, 0.6) is 0 Å². The Hall–Kier alpha value is 0.160. The van der Waals surface area contributed by atoms with Crippen LogP contribution in [0.4, 0.5) is 0 Å². The maximum absolute atomic E-state index is 11.6. The summed E-state index contributed by atoms with van der Waals surface area (Å²) < 4.78 is 26.1. The van der Waals surface area contributed by atoms with E-state index in [1.807, 2.05) is 0 Å². The van der Waals surface area contributed by atoms with Gasteiger partial charge in [0.05, 0.1) is 5.75 Å². The van der Waals surface area contributed by atoms with Crippen molar-refractivity contribution in [2.24, 2.45) is 17.8 Å². The summed E-state index contributed by atoms with van der Waals surface area (Å²) in [6.45, 7) is 1.97. The van der Waals surface area contributed by atoms with Crippen LogP contribution in [0.3, 0.4) is 0 Å². The third kappa shape index (κ3) is 2.46. The molecule has 1 saturated heterocycles. The van der Waals surface area contributed by atoms with Gasteiger partial charge in [0.25, 0.3) is 0 Å². The second-order valence-electron chi connectivity index (χ2n) is 4.85. The summed E-state index contributed by atoms with van der Waals surface area (Å²) >= 11 is 0. The van der Waals surface area contributed by atoms with Gasteiger partial charge in [-0.3, -0.25) is 0 Å². The number of rotatable bonds is 4. The Labute approximate surface area is 96.7 Å². The molecule has 15 heavy (non-hydrogen) atoms. The van der Waals surface area contributed by atoms with Crippen molar-refractivity contribution in [3.8, 4) is 0 Å². The molecular formula is C9H17ClN2O2S. The van der Waals surface area contributed by atoms with Crippen LogP contribution >= 0.6 is 12.4 Å². The Bertz CT molecular complexity index is 332. The molecule has 2 unspecified atom stereocenters. The molecule has 4 nitrogen and oxygen atoms in total. The number of halogens is 1. The highest BCUT2D eigenvalue weighted by Crippen LogP contribution is 2.42. The molecule has 1 heterocycles. The van der Waals surface area contributed by atoms with Gasteiger partial charge in [0.1, 0.15) is 0 Å². The predicted octanol–water partition coefficient (Wildman–Crippen LogP) is -0.0446. The molecule has 0 aromatic carbocycles. The molecule has 2 saturated carbocycles. The van der Waals surface area contributed by atoms with E-state index in [4.69, 9.17) is 0 Å². The van der Waals surface area contributed by atoms with E-state index in [2.05, 4.69) is 10.0 Å². The van der Waals surface area contributed by atoms with Gasteiger partial charge in [-0.15, -0.1) is 12.4 Å². The number of hydrogen-bond donors (Lipinski definition) is 2. The highest BCUT2D eigenvalue weighted by Gasteiger charge is 2.54. The fourth-order valence-corrected chi connectivity index (χ4v) is 4.26. The lowest BCUT2D eigenvalue weighted by molar-refractivity contribution is 0.562. The van der Waals surface area contributed by atoms with Crippen molar-refractivity contribution >= 4 is 22.4 Å². The maximum Gasteiger partial charge on any atom is 0.212 e. The van der Waals surface area contributed by atoms with Gasteiger partial charge in [0.2, 0.25) is 10.0 Å². The van der Waals surface area contributed by atoms with Crippen molar-refractivity contribution in [2.75, 3.05) is 18.8 Å². The van der Waals surface area contributed by atoms with Crippen molar-refractivity contribution in [1.29, 1.82) is 0 Å². The normalized spacial score (nSPS) is 38.3. The quantitative estimate of drug-likeness (QED) is 0.738. The third-order valence-corrected chi connectivity index (χ3v) is 5.10. The second kappa shape index (κ2) is 3.87. The third-order valence-electron chi connectivity index (χ3n) is 3.56. The molecule has 0 spiro atoms. The average Bonchev–Trinajstić information content (AvgIpc) is 2.96. The fraction of sp³-hybridized carbons (Fsp3) is 1.00. The van der Waals surface area contributed by atoms with E-state index >= 15 is 0 Å². The molecule has 1 aliphatic heterocycles. The molecular weight excluding hydrogens is 236 g/mol. The Balaban J connectivity index is 0.000000853. The van der Waals surface area contributed by atoms with E-state index < -0.39 is 10.0 Å².